The zero-order chi connectivity index (χ0) is 25.2. The number of rotatable bonds is 6. The maximum absolute atomic E-state index is 13.5. The highest BCUT2D eigenvalue weighted by Gasteiger charge is 2.27. The van der Waals surface area contributed by atoms with Crippen LogP contribution in [0.5, 0.6) is 0 Å². The molecule has 0 radical (unpaired) electrons. The fraction of sp³-hybridized carbons (Fsp3) is 0.214. The fourth-order valence-electron chi connectivity index (χ4n) is 4.28. The lowest BCUT2D eigenvalue weighted by atomic mass is 9.98. The molecule has 2 heterocycles. The minimum Gasteiger partial charge on any atom is -0.323 e. The first-order chi connectivity index (χ1) is 17.5. The van der Waals surface area contributed by atoms with Crippen molar-refractivity contribution in [1.82, 2.24) is 9.55 Å². The number of fused-ring (bicyclic) bond motifs is 2. The quantitative estimate of drug-likeness (QED) is 0.300. The molecule has 2 amide bonds. The molecule has 1 N–H and O–H groups in total. The molecular formula is C28H26N4O3S. The van der Waals surface area contributed by atoms with Gasteiger partial charge < -0.3 is 10.2 Å². The van der Waals surface area contributed by atoms with Gasteiger partial charge in [0.05, 0.1) is 33.7 Å². The Balaban J connectivity index is 1.50. The first-order valence-corrected chi connectivity index (χ1v) is 12.9. The maximum atomic E-state index is 13.5. The van der Waals surface area contributed by atoms with Crippen molar-refractivity contribution in [3.05, 3.63) is 88.7 Å². The molecule has 0 fully saturated rings. The Morgan fingerprint density at radius 3 is 2.53 bits per heavy atom. The standard InChI is InChI=1S/C28H26N4O3S/c1-3-18(2)19-12-14-20(15-13-19)32-27(35)21-8-4-5-9-22(21)30-28(32)36-17-26(34)31-16-25(33)29-23-10-6-7-11-24(23)31/h4-15,18H,3,16-17H2,1-2H3,(H,29,33). The number of nitrogens with one attached hydrogen (secondary N) is 1. The third-order valence-corrected chi connectivity index (χ3v) is 7.40. The molecule has 5 rings (SSSR count). The van der Waals surface area contributed by atoms with Crippen LogP contribution in [0.1, 0.15) is 31.7 Å². The molecule has 3 aromatic carbocycles. The molecule has 0 spiro atoms. The van der Waals surface area contributed by atoms with Gasteiger partial charge in [0.2, 0.25) is 11.8 Å². The summed E-state index contributed by atoms with van der Waals surface area (Å²) in [6.07, 6.45) is 1.03. The number of hydrogen-bond donors (Lipinski definition) is 1. The lowest BCUT2D eigenvalue weighted by Gasteiger charge is -2.29. The van der Waals surface area contributed by atoms with Crippen molar-refractivity contribution < 1.29 is 9.59 Å². The van der Waals surface area contributed by atoms with Gasteiger partial charge in [0, 0.05) is 0 Å². The third kappa shape index (κ3) is 4.52. The second-order valence-electron chi connectivity index (χ2n) is 8.79. The van der Waals surface area contributed by atoms with Gasteiger partial charge in [-0.05, 0) is 54.3 Å². The molecule has 1 atom stereocenters. The number of hydrogen-bond acceptors (Lipinski definition) is 5. The molecule has 0 saturated heterocycles. The van der Waals surface area contributed by atoms with Gasteiger partial charge in [-0.15, -0.1) is 0 Å². The highest BCUT2D eigenvalue weighted by atomic mass is 32.2. The van der Waals surface area contributed by atoms with E-state index in [1.54, 1.807) is 28.8 Å². The molecule has 7 nitrogen and oxygen atoms in total. The Kier molecular flexibility index (Phi) is 6.61. The summed E-state index contributed by atoms with van der Waals surface area (Å²) in [6.45, 7) is 4.27. The molecule has 0 saturated carbocycles. The van der Waals surface area contributed by atoms with Crippen LogP contribution in [0, 0.1) is 0 Å². The Bertz CT molecular complexity index is 1510. The van der Waals surface area contributed by atoms with Crippen LogP contribution in [0.4, 0.5) is 11.4 Å². The fourth-order valence-corrected chi connectivity index (χ4v) is 5.17. The zero-order valence-electron chi connectivity index (χ0n) is 20.1. The Hall–Kier alpha value is -3.91. The summed E-state index contributed by atoms with van der Waals surface area (Å²) in [7, 11) is 0. The number of benzene rings is 3. The van der Waals surface area contributed by atoms with E-state index >= 15 is 0 Å². The van der Waals surface area contributed by atoms with Crippen LogP contribution < -0.4 is 15.8 Å². The van der Waals surface area contributed by atoms with E-state index in [0.29, 0.717) is 39.0 Å². The number of aromatic nitrogens is 2. The third-order valence-electron chi connectivity index (χ3n) is 6.47. The minimum absolute atomic E-state index is 0.0251. The molecule has 1 aromatic heterocycles. The van der Waals surface area contributed by atoms with Gasteiger partial charge in [-0.1, -0.05) is 62.0 Å². The first-order valence-electron chi connectivity index (χ1n) is 11.9. The molecule has 36 heavy (non-hydrogen) atoms. The van der Waals surface area contributed by atoms with E-state index in [9.17, 15) is 14.4 Å². The lowest BCUT2D eigenvalue weighted by Crippen LogP contribution is -2.43. The van der Waals surface area contributed by atoms with Gasteiger partial charge in [-0.2, -0.15) is 0 Å². The van der Waals surface area contributed by atoms with Crippen LogP contribution in [-0.2, 0) is 9.59 Å². The molecular weight excluding hydrogens is 472 g/mol. The summed E-state index contributed by atoms with van der Waals surface area (Å²) in [5.74, 6) is -0.0312. The van der Waals surface area contributed by atoms with Gasteiger partial charge in [0.15, 0.2) is 5.16 Å². The molecule has 0 aliphatic carbocycles. The molecule has 4 aromatic rings. The van der Waals surface area contributed by atoms with Crippen molar-refractivity contribution in [2.75, 3.05) is 22.5 Å². The van der Waals surface area contributed by atoms with Crippen LogP contribution in [0.15, 0.2) is 82.7 Å². The average Bonchev–Trinajstić information content (AvgIpc) is 2.91. The van der Waals surface area contributed by atoms with E-state index in [-0.39, 0.29) is 29.7 Å². The predicted molar refractivity (Wildman–Crippen MR) is 144 cm³/mol. The highest BCUT2D eigenvalue weighted by Crippen LogP contribution is 2.30. The number of carbonyl (C=O) groups is 2. The molecule has 0 bridgehead atoms. The van der Waals surface area contributed by atoms with Crippen molar-refractivity contribution in [2.24, 2.45) is 0 Å². The van der Waals surface area contributed by atoms with E-state index in [1.807, 2.05) is 48.5 Å². The summed E-state index contributed by atoms with van der Waals surface area (Å²) >= 11 is 1.19. The van der Waals surface area contributed by atoms with Crippen LogP contribution in [-0.4, -0.2) is 33.7 Å². The van der Waals surface area contributed by atoms with E-state index in [1.165, 1.54) is 22.2 Å². The number of carbonyl (C=O) groups excluding carboxylic acids is 2. The molecule has 8 heteroatoms. The lowest BCUT2D eigenvalue weighted by molar-refractivity contribution is -0.120. The van der Waals surface area contributed by atoms with Crippen LogP contribution in [0.25, 0.3) is 16.6 Å². The normalized spacial score (nSPS) is 13.8. The van der Waals surface area contributed by atoms with Gasteiger partial charge >= 0.3 is 0 Å². The predicted octanol–water partition coefficient (Wildman–Crippen LogP) is 4.98. The smallest absolute Gasteiger partial charge is 0.266 e. The van der Waals surface area contributed by atoms with E-state index < -0.39 is 0 Å². The summed E-state index contributed by atoms with van der Waals surface area (Å²) in [5, 5.41) is 3.74. The summed E-state index contributed by atoms with van der Waals surface area (Å²) < 4.78 is 1.57. The van der Waals surface area contributed by atoms with Crippen LogP contribution in [0.2, 0.25) is 0 Å². The minimum atomic E-state index is -0.241. The SMILES string of the molecule is CCC(C)c1ccc(-n2c(SCC(=O)N3CC(=O)Nc4ccccc43)nc3ccccc3c2=O)cc1. The molecule has 1 aliphatic rings. The second-order valence-corrected chi connectivity index (χ2v) is 9.73. The molecule has 1 aliphatic heterocycles. The molecule has 1 unspecified atom stereocenters. The Morgan fingerprint density at radius 1 is 1.03 bits per heavy atom. The van der Waals surface area contributed by atoms with Gasteiger partial charge in [-0.3, -0.25) is 19.0 Å². The number of nitrogens with zero attached hydrogens (tertiary/aromatic N) is 3. The average molecular weight is 499 g/mol. The van der Waals surface area contributed by atoms with Crippen molar-refractivity contribution in [2.45, 2.75) is 31.3 Å². The van der Waals surface area contributed by atoms with Crippen LogP contribution >= 0.6 is 11.8 Å². The summed E-state index contributed by atoms with van der Waals surface area (Å²) in [5.41, 5.74) is 3.56. The van der Waals surface area contributed by atoms with Crippen molar-refractivity contribution in [3.63, 3.8) is 0 Å². The van der Waals surface area contributed by atoms with Crippen molar-refractivity contribution in [1.29, 1.82) is 0 Å². The number of amides is 2. The van der Waals surface area contributed by atoms with E-state index in [0.717, 1.165) is 6.42 Å². The Labute approximate surface area is 213 Å². The van der Waals surface area contributed by atoms with Gasteiger partial charge in [-0.25, -0.2) is 4.98 Å². The largest absolute Gasteiger partial charge is 0.323 e. The number of thioether (sulfide) groups is 1. The van der Waals surface area contributed by atoms with Gasteiger partial charge in [0.1, 0.15) is 6.54 Å². The van der Waals surface area contributed by atoms with Crippen molar-refractivity contribution in [3.8, 4) is 5.69 Å². The first kappa shape index (κ1) is 23.8. The monoisotopic (exact) mass is 498 g/mol. The topological polar surface area (TPSA) is 84.3 Å². The maximum Gasteiger partial charge on any atom is 0.266 e. The Morgan fingerprint density at radius 2 is 1.75 bits per heavy atom. The highest BCUT2D eigenvalue weighted by molar-refractivity contribution is 7.99. The number of anilines is 2. The van der Waals surface area contributed by atoms with E-state index in [4.69, 9.17) is 4.98 Å². The zero-order valence-corrected chi connectivity index (χ0v) is 20.9. The van der Waals surface area contributed by atoms with Crippen LogP contribution in [0.3, 0.4) is 0 Å². The summed E-state index contributed by atoms with van der Waals surface area (Å²) in [4.78, 5) is 45.2. The van der Waals surface area contributed by atoms with Crippen molar-refractivity contribution >= 4 is 45.9 Å². The van der Waals surface area contributed by atoms with Gasteiger partial charge in [0.25, 0.3) is 5.56 Å². The molecule has 182 valence electrons. The van der Waals surface area contributed by atoms with E-state index in [2.05, 4.69) is 19.2 Å². The second kappa shape index (κ2) is 9.99. The number of para-hydroxylation sites is 3. The summed E-state index contributed by atoms with van der Waals surface area (Å²) in [6, 6.07) is 22.4.